The van der Waals surface area contributed by atoms with E-state index < -0.39 is 0 Å². The second kappa shape index (κ2) is 5.81. The predicted octanol–water partition coefficient (Wildman–Crippen LogP) is 3.38. The molecule has 0 spiro atoms. The van der Waals surface area contributed by atoms with E-state index in [0.717, 1.165) is 28.2 Å². The molecular weight excluding hydrogens is 335 g/mol. The summed E-state index contributed by atoms with van der Waals surface area (Å²) in [5.41, 5.74) is 1.83. The Morgan fingerprint density at radius 2 is 2.24 bits per heavy atom. The van der Waals surface area contributed by atoms with E-state index in [1.165, 1.54) is 12.1 Å². The van der Waals surface area contributed by atoms with E-state index in [0.29, 0.717) is 6.42 Å². The average Bonchev–Trinajstić information content (AvgIpc) is 3.08. The maximum atomic E-state index is 13.0. The minimum Gasteiger partial charge on any atom is -0.303 e. The molecule has 0 saturated carbocycles. The van der Waals surface area contributed by atoms with Gasteiger partial charge in [-0.05, 0) is 41.1 Å². The summed E-state index contributed by atoms with van der Waals surface area (Å²) in [6.45, 7) is 2.84. The molecule has 0 fully saturated rings. The summed E-state index contributed by atoms with van der Waals surface area (Å²) in [6, 6.07) is 7.34. The quantitative estimate of drug-likeness (QED) is 0.725. The molecule has 0 unspecified atom stereocenters. The minimum absolute atomic E-state index is 0.299. The van der Waals surface area contributed by atoms with Crippen LogP contribution < -0.4 is 0 Å². The van der Waals surface area contributed by atoms with Gasteiger partial charge in [-0.25, -0.2) is 9.37 Å². The van der Waals surface area contributed by atoms with Crippen LogP contribution in [0.5, 0.6) is 0 Å². The third kappa shape index (κ3) is 2.76. The molecule has 107 valence electrons. The third-order valence-electron chi connectivity index (χ3n) is 3.23. The van der Waals surface area contributed by atoms with Gasteiger partial charge in [0.05, 0.1) is 11.9 Å². The Morgan fingerprint density at radius 3 is 2.90 bits per heavy atom. The van der Waals surface area contributed by atoms with Gasteiger partial charge in [0.25, 0.3) is 0 Å². The van der Waals surface area contributed by atoms with Crippen molar-refractivity contribution in [1.82, 2.24) is 19.3 Å². The zero-order chi connectivity index (χ0) is 14.8. The maximum Gasteiger partial charge on any atom is 0.123 e. The normalized spacial score (nSPS) is 11.0. The molecule has 1 radical (unpaired) electrons. The van der Waals surface area contributed by atoms with Crippen molar-refractivity contribution in [3.05, 3.63) is 64.7 Å². The molecule has 0 atom stereocenters. The second-order valence-corrected chi connectivity index (χ2v) is 5.31. The summed E-state index contributed by atoms with van der Waals surface area (Å²) in [7, 11) is 0. The zero-order valence-electron chi connectivity index (χ0n) is 11.4. The van der Waals surface area contributed by atoms with Crippen molar-refractivity contribution >= 4 is 15.9 Å². The Morgan fingerprint density at radius 1 is 1.38 bits per heavy atom. The predicted molar refractivity (Wildman–Crippen MR) is 80.8 cm³/mol. The van der Waals surface area contributed by atoms with Crippen LogP contribution in [0.25, 0.3) is 5.69 Å². The van der Waals surface area contributed by atoms with Gasteiger partial charge in [0.15, 0.2) is 0 Å². The molecule has 0 N–H and O–H groups in total. The molecule has 1 aromatic carbocycles. The monoisotopic (exact) mass is 347 g/mol. The fourth-order valence-electron chi connectivity index (χ4n) is 2.15. The highest BCUT2D eigenvalue weighted by Crippen LogP contribution is 2.20. The molecule has 21 heavy (non-hydrogen) atoms. The molecule has 3 rings (SSSR count). The molecule has 0 saturated heterocycles. The molecule has 0 aliphatic carbocycles. The van der Waals surface area contributed by atoms with E-state index in [9.17, 15) is 4.39 Å². The van der Waals surface area contributed by atoms with Crippen LogP contribution in [0.2, 0.25) is 0 Å². The summed E-state index contributed by atoms with van der Waals surface area (Å²) in [5, 5.41) is 4.30. The van der Waals surface area contributed by atoms with Crippen LogP contribution in [0.4, 0.5) is 4.39 Å². The summed E-state index contributed by atoms with van der Waals surface area (Å²) in [6.07, 6.45) is 6.04. The van der Waals surface area contributed by atoms with Crippen LogP contribution in [0.3, 0.4) is 0 Å². The van der Waals surface area contributed by atoms with Gasteiger partial charge in [0, 0.05) is 37.0 Å². The first-order chi connectivity index (χ1) is 10.2. The summed E-state index contributed by atoms with van der Waals surface area (Å²) < 4.78 is 17.7. The summed E-state index contributed by atoms with van der Waals surface area (Å²) >= 11 is 3.55. The number of hydrogen-bond donors (Lipinski definition) is 0. The van der Waals surface area contributed by atoms with Crippen molar-refractivity contribution in [3.63, 3.8) is 0 Å². The third-order valence-corrected chi connectivity index (χ3v) is 4.15. The van der Waals surface area contributed by atoms with Crippen LogP contribution >= 0.6 is 15.9 Å². The van der Waals surface area contributed by atoms with E-state index in [-0.39, 0.29) is 5.82 Å². The molecule has 0 amide bonds. The fraction of sp³-hybridized carbons (Fsp3) is 0.200. The highest BCUT2D eigenvalue weighted by molar-refractivity contribution is 9.10. The molecule has 0 bridgehead atoms. The highest BCUT2D eigenvalue weighted by atomic mass is 79.9. The number of aryl methyl sites for hydroxylation is 1. The summed E-state index contributed by atoms with van der Waals surface area (Å²) in [5.74, 6) is 0.557. The van der Waals surface area contributed by atoms with Gasteiger partial charge >= 0.3 is 0 Å². The number of imidazole rings is 1. The number of benzene rings is 1. The smallest absolute Gasteiger partial charge is 0.123 e. The zero-order valence-corrected chi connectivity index (χ0v) is 13.0. The lowest BCUT2D eigenvalue weighted by atomic mass is 10.2. The van der Waals surface area contributed by atoms with Crippen LogP contribution in [0, 0.1) is 11.9 Å². The SMILES string of the molecule is CCn1ncc(Cc2nccn2-c2[c]cc(F)cc2)c1Br. The van der Waals surface area contributed by atoms with E-state index in [1.54, 1.807) is 12.3 Å². The number of nitrogens with zero attached hydrogens (tertiary/aromatic N) is 4. The van der Waals surface area contributed by atoms with Crippen LogP contribution in [-0.4, -0.2) is 19.3 Å². The van der Waals surface area contributed by atoms with Gasteiger partial charge < -0.3 is 4.57 Å². The molecule has 2 aromatic heterocycles. The molecule has 6 heteroatoms. The van der Waals surface area contributed by atoms with E-state index in [4.69, 9.17) is 0 Å². The van der Waals surface area contributed by atoms with Gasteiger partial charge in [-0.3, -0.25) is 4.68 Å². The standard InChI is InChI=1S/C15H13BrFN4/c1-2-21-15(16)11(10-19-21)9-14-18-7-8-20(14)13-5-3-12(17)4-6-13/h3-5,7-8,10H,2,9H2,1H3. The molecule has 0 aliphatic heterocycles. The second-order valence-electron chi connectivity index (χ2n) is 4.56. The number of aromatic nitrogens is 4. The molecule has 4 nitrogen and oxygen atoms in total. The lowest BCUT2D eigenvalue weighted by molar-refractivity contribution is 0.627. The number of rotatable bonds is 4. The Kier molecular flexibility index (Phi) is 3.88. The summed E-state index contributed by atoms with van der Waals surface area (Å²) in [4.78, 5) is 4.38. The van der Waals surface area contributed by atoms with Crippen LogP contribution in [0.15, 0.2) is 41.4 Å². The van der Waals surface area contributed by atoms with Gasteiger partial charge in [0.1, 0.15) is 16.2 Å². The Labute approximate surface area is 130 Å². The Hall–Kier alpha value is -1.95. The maximum absolute atomic E-state index is 13.0. The van der Waals surface area contributed by atoms with Gasteiger partial charge in [0.2, 0.25) is 0 Å². The van der Waals surface area contributed by atoms with Crippen molar-refractivity contribution in [2.45, 2.75) is 19.9 Å². The first-order valence-electron chi connectivity index (χ1n) is 6.59. The van der Waals surface area contributed by atoms with Crippen molar-refractivity contribution in [2.75, 3.05) is 0 Å². The molecule has 2 heterocycles. The van der Waals surface area contributed by atoms with Crippen molar-refractivity contribution in [1.29, 1.82) is 0 Å². The van der Waals surface area contributed by atoms with Gasteiger partial charge in [-0.1, -0.05) is 0 Å². The Bertz CT molecular complexity index is 745. The lowest BCUT2D eigenvalue weighted by Crippen LogP contribution is -2.02. The van der Waals surface area contributed by atoms with Gasteiger partial charge in [-0.15, -0.1) is 0 Å². The first-order valence-corrected chi connectivity index (χ1v) is 7.38. The van der Waals surface area contributed by atoms with E-state index in [1.807, 2.05) is 28.6 Å². The molecular formula is C15H13BrFN4. The van der Waals surface area contributed by atoms with Crippen LogP contribution in [0.1, 0.15) is 18.3 Å². The largest absolute Gasteiger partial charge is 0.303 e. The first kappa shape index (κ1) is 14.0. The molecule has 3 aromatic rings. The van der Waals surface area contributed by atoms with Crippen molar-refractivity contribution < 1.29 is 4.39 Å². The van der Waals surface area contributed by atoms with Crippen molar-refractivity contribution in [3.8, 4) is 5.69 Å². The number of hydrogen-bond acceptors (Lipinski definition) is 2. The lowest BCUT2D eigenvalue weighted by Gasteiger charge is -2.07. The average molecular weight is 348 g/mol. The van der Waals surface area contributed by atoms with Crippen LogP contribution in [-0.2, 0) is 13.0 Å². The van der Waals surface area contributed by atoms with Gasteiger partial charge in [-0.2, -0.15) is 5.10 Å². The van der Waals surface area contributed by atoms with E-state index in [2.05, 4.69) is 32.1 Å². The topological polar surface area (TPSA) is 35.6 Å². The molecule has 0 aliphatic rings. The number of halogens is 2. The Balaban J connectivity index is 1.92. The highest BCUT2D eigenvalue weighted by Gasteiger charge is 2.12. The van der Waals surface area contributed by atoms with E-state index >= 15 is 0 Å². The fourth-order valence-corrected chi connectivity index (χ4v) is 2.74. The van der Waals surface area contributed by atoms with Crippen molar-refractivity contribution in [2.24, 2.45) is 0 Å². The minimum atomic E-state index is -0.299.